The van der Waals surface area contributed by atoms with Crippen LogP contribution >= 0.6 is 34.4 Å². The molecule has 0 bridgehead atoms. The van der Waals surface area contributed by atoms with Crippen LogP contribution in [0.5, 0.6) is 5.75 Å². The summed E-state index contributed by atoms with van der Waals surface area (Å²) in [7, 11) is 0. The van der Waals surface area contributed by atoms with Gasteiger partial charge in [0.25, 0.3) is 5.91 Å². The van der Waals surface area contributed by atoms with Gasteiger partial charge in [-0.25, -0.2) is 0 Å². The minimum atomic E-state index is -0.170. The number of rotatable bonds is 3. The number of amides is 1. The van der Waals surface area contributed by atoms with Gasteiger partial charge in [-0.05, 0) is 46.9 Å². The first-order valence-corrected chi connectivity index (χ1v) is 7.16. The molecule has 17 heavy (non-hydrogen) atoms. The van der Waals surface area contributed by atoms with Crippen molar-refractivity contribution in [2.75, 3.05) is 18.9 Å². The summed E-state index contributed by atoms with van der Waals surface area (Å²) >= 11 is 3.77. The highest BCUT2D eigenvalue weighted by molar-refractivity contribution is 14.1. The Morgan fingerprint density at radius 3 is 2.88 bits per heavy atom. The minimum Gasteiger partial charge on any atom is -0.484 e. The number of ether oxygens (including phenoxy) is 1. The van der Waals surface area contributed by atoms with Crippen molar-refractivity contribution >= 4 is 45.4 Å². The van der Waals surface area contributed by atoms with Crippen molar-refractivity contribution in [3.63, 3.8) is 0 Å². The van der Waals surface area contributed by atoms with E-state index in [2.05, 4.69) is 32.9 Å². The van der Waals surface area contributed by atoms with E-state index in [1.165, 1.54) is 0 Å². The number of hydrogen-bond acceptors (Lipinski definition) is 4. The molecule has 1 amide bonds. The number of carbonyl (C=O) groups is 1. The summed E-state index contributed by atoms with van der Waals surface area (Å²) < 4.78 is 6.49. The Kier molecular flexibility index (Phi) is 4.66. The maximum Gasteiger partial charge on any atom is 0.263 e. The topological polar surface area (TPSA) is 50.7 Å². The van der Waals surface area contributed by atoms with Crippen LogP contribution in [0.2, 0.25) is 0 Å². The highest BCUT2D eigenvalue weighted by Gasteiger charge is 2.10. The van der Waals surface area contributed by atoms with Gasteiger partial charge in [0.1, 0.15) is 5.75 Å². The van der Waals surface area contributed by atoms with E-state index in [4.69, 9.17) is 4.74 Å². The standard InChI is InChI=1S/C11H11IN2O2S/c12-8-1-3-9(4-2-8)16-7-10(15)14-11-13-5-6-17-11/h1-4H,5-7H2,(H,13,14,15). The van der Waals surface area contributed by atoms with Crippen LogP contribution in [0.25, 0.3) is 0 Å². The van der Waals surface area contributed by atoms with Gasteiger partial charge in [-0.3, -0.25) is 9.79 Å². The first kappa shape index (κ1) is 12.7. The lowest BCUT2D eigenvalue weighted by atomic mass is 10.3. The zero-order valence-electron chi connectivity index (χ0n) is 8.98. The number of nitrogens with one attached hydrogen (secondary N) is 1. The molecular formula is C11H11IN2O2S. The maximum atomic E-state index is 11.5. The minimum absolute atomic E-state index is 0.0141. The molecule has 4 nitrogen and oxygen atoms in total. The van der Waals surface area contributed by atoms with Crippen LogP contribution in [-0.4, -0.2) is 30.0 Å². The quantitative estimate of drug-likeness (QED) is 0.836. The highest BCUT2D eigenvalue weighted by Crippen LogP contribution is 2.13. The second-order valence-electron chi connectivity index (χ2n) is 3.33. The van der Waals surface area contributed by atoms with Gasteiger partial charge in [0.05, 0.1) is 6.54 Å². The lowest BCUT2D eigenvalue weighted by Gasteiger charge is -2.06. The lowest BCUT2D eigenvalue weighted by molar-refractivity contribution is -0.121. The molecule has 0 radical (unpaired) electrons. The van der Waals surface area contributed by atoms with Crippen LogP contribution < -0.4 is 10.1 Å². The number of amidine groups is 1. The fraction of sp³-hybridized carbons (Fsp3) is 0.273. The smallest absolute Gasteiger partial charge is 0.263 e. The number of nitrogens with zero attached hydrogens (tertiary/aromatic N) is 1. The fourth-order valence-corrected chi connectivity index (χ4v) is 2.35. The molecule has 0 fully saturated rings. The molecule has 0 unspecified atom stereocenters. The van der Waals surface area contributed by atoms with Crippen LogP contribution in [-0.2, 0) is 4.79 Å². The number of thioether (sulfide) groups is 1. The molecule has 0 aromatic heterocycles. The summed E-state index contributed by atoms with van der Waals surface area (Å²) in [4.78, 5) is 15.6. The summed E-state index contributed by atoms with van der Waals surface area (Å²) in [6.07, 6.45) is 0. The second-order valence-corrected chi connectivity index (χ2v) is 5.66. The van der Waals surface area contributed by atoms with Gasteiger partial charge in [-0.2, -0.15) is 0 Å². The van der Waals surface area contributed by atoms with Gasteiger partial charge in [-0.15, -0.1) is 0 Å². The van der Waals surface area contributed by atoms with E-state index >= 15 is 0 Å². The van der Waals surface area contributed by atoms with Gasteiger partial charge >= 0.3 is 0 Å². The average molecular weight is 362 g/mol. The monoisotopic (exact) mass is 362 g/mol. The van der Waals surface area contributed by atoms with Crippen LogP contribution in [0.1, 0.15) is 0 Å². The summed E-state index contributed by atoms with van der Waals surface area (Å²) in [6.45, 7) is 0.790. The van der Waals surface area contributed by atoms with Crippen molar-refractivity contribution in [2.24, 2.45) is 4.99 Å². The molecule has 1 heterocycles. The van der Waals surface area contributed by atoms with Crippen molar-refractivity contribution < 1.29 is 9.53 Å². The zero-order chi connectivity index (χ0) is 12.1. The van der Waals surface area contributed by atoms with Crippen LogP contribution in [0, 0.1) is 3.57 Å². The largest absolute Gasteiger partial charge is 0.484 e. The third kappa shape index (κ3) is 4.19. The average Bonchev–Trinajstić information content (AvgIpc) is 2.81. The third-order valence-corrected chi connectivity index (χ3v) is 3.63. The molecule has 1 N–H and O–H groups in total. The summed E-state index contributed by atoms with van der Waals surface area (Å²) in [5.74, 6) is 1.46. The summed E-state index contributed by atoms with van der Waals surface area (Å²) in [6, 6.07) is 7.56. The SMILES string of the molecule is O=C(COc1ccc(I)cc1)NC1=NCCS1. The number of halogens is 1. The fourth-order valence-electron chi connectivity index (χ4n) is 1.25. The molecule has 0 saturated heterocycles. The molecule has 0 saturated carbocycles. The molecule has 0 aliphatic carbocycles. The Hall–Kier alpha value is -0.760. The first-order valence-electron chi connectivity index (χ1n) is 5.09. The van der Waals surface area contributed by atoms with E-state index < -0.39 is 0 Å². The molecule has 6 heteroatoms. The van der Waals surface area contributed by atoms with E-state index in [0.29, 0.717) is 10.9 Å². The van der Waals surface area contributed by atoms with Gasteiger partial charge in [0, 0.05) is 9.32 Å². The summed E-state index contributed by atoms with van der Waals surface area (Å²) in [5.41, 5.74) is 0. The molecule has 0 atom stereocenters. The van der Waals surface area contributed by atoms with Crippen molar-refractivity contribution in [1.82, 2.24) is 5.32 Å². The van der Waals surface area contributed by atoms with E-state index in [-0.39, 0.29) is 12.5 Å². The molecule has 1 aromatic carbocycles. The predicted octanol–water partition coefficient (Wildman–Crippen LogP) is 1.89. The highest BCUT2D eigenvalue weighted by atomic mass is 127. The van der Waals surface area contributed by atoms with Gasteiger partial charge in [0.15, 0.2) is 11.8 Å². The molecular weight excluding hydrogens is 351 g/mol. The van der Waals surface area contributed by atoms with Crippen molar-refractivity contribution in [2.45, 2.75) is 0 Å². The number of hydrogen-bond donors (Lipinski definition) is 1. The van der Waals surface area contributed by atoms with E-state index in [0.717, 1.165) is 15.9 Å². The normalized spacial score (nSPS) is 14.3. The van der Waals surface area contributed by atoms with Gasteiger partial charge < -0.3 is 10.1 Å². The molecule has 1 aromatic rings. The molecule has 0 spiro atoms. The van der Waals surface area contributed by atoms with Crippen LogP contribution in [0.15, 0.2) is 29.3 Å². The lowest BCUT2D eigenvalue weighted by Crippen LogP contribution is -2.31. The molecule has 2 rings (SSSR count). The van der Waals surface area contributed by atoms with E-state index in [1.54, 1.807) is 11.8 Å². The third-order valence-electron chi connectivity index (χ3n) is 2.02. The van der Waals surface area contributed by atoms with Crippen molar-refractivity contribution in [3.05, 3.63) is 27.8 Å². The van der Waals surface area contributed by atoms with Gasteiger partial charge in [-0.1, -0.05) is 11.8 Å². The summed E-state index contributed by atoms with van der Waals surface area (Å²) in [5, 5.41) is 3.40. The Labute approximate surface area is 117 Å². The number of carbonyl (C=O) groups excluding carboxylic acids is 1. The maximum absolute atomic E-state index is 11.5. The Balaban J connectivity index is 1.77. The number of benzene rings is 1. The molecule has 1 aliphatic rings. The Morgan fingerprint density at radius 1 is 1.47 bits per heavy atom. The Morgan fingerprint density at radius 2 is 2.24 bits per heavy atom. The van der Waals surface area contributed by atoms with Gasteiger partial charge in [0.2, 0.25) is 0 Å². The zero-order valence-corrected chi connectivity index (χ0v) is 12.0. The van der Waals surface area contributed by atoms with Crippen molar-refractivity contribution in [1.29, 1.82) is 0 Å². The van der Waals surface area contributed by atoms with Crippen molar-refractivity contribution in [3.8, 4) is 5.75 Å². The molecule has 90 valence electrons. The number of aliphatic imine (C=N–C) groups is 1. The van der Waals surface area contributed by atoms with E-state index in [9.17, 15) is 4.79 Å². The second kappa shape index (κ2) is 6.25. The molecule has 1 aliphatic heterocycles. The van der Waals surface area contributed by atoms with E-state index in [1.807, 2.05) is 24.3 Å². The first-order chi connectivity index (χ1) is 8.24. The Bertz CT molecular complexity index is 434. The predicted molar refractivity (Wildman–Crippen MR) is 77.6 cm³/mol. The van der Waals surface area contributed by atoms with Crippen LogP contribution in [0.4, 0.5) is 0 Å². The van der Waals surface area contributed by atoms with Crippen LogP contribution in [0.3, 0.4) is 0 Å².